The van der Waals surface area contributed by atoms with Crippen molar-refractivity contribution in [2.45, 2.75) is 41.8 Å². The van der Waals surface area contributed by atoms with E-state index in [0.29, 0.717) is 11.3 Å². The van der Waals surface area contributed by atoms with E-state index in [2.05, 4.69) is 36.5 Å². The first kappa shape index (κ1) is 12.5. The van der Waals surface area contributed by atoms with Gasteiger partial charge in [-0.05, 0) is 31.5 Å². The second kappa shape index (κ2) is 5.59. The quantitative estimate of drug-likeness (QED) is 0.917. The normalized spacial score (nSPS) is 23.8. The highest BCUT2D eigenvalue weighted by Crippen LogP contribution is 2.38. The Labute approximate surface area is 116 Å². The van der Waals surface area contributed by atoms with Crippen molar-refractivity contribution < 1.29 is 0 Å². The Morgan fingerprint density at radius 1 is 1.39 bits per heavy atom. The summed E-state index contributed by atoms with van der Waals surface area (Å²) in [5.41, 5.74) is 1.14. The lowest BCUT2D eigenvalue weighted by molar-refractivity contribution is 0.551. The van der Waals surface area contributed by atoms with E-state index < -0.39 is 0 Å². The van der Waals surface area contributed by atoms with E-state index in [0.717, 1.165) is 12.1 Å². The number of rotatable bonds is 4. The maximum atomic E-state index is 4.72. The predicted octanol–water partition coefficient (Wildman–Crippen LogP) is 3.92. The van der Waals surface area contributed by atoms with E-state index in [-0.39, 0.29) is 0 Å². The van der Waals surface area contributed by atoms with E-state index in [1.54, 1.807) is 0 Å². The molecule has 0 aliphatic heterocycles. The first-order valence-electron chi connectivity index (χ1n) is 6.62. The van der Waals surface area contributed by atoms with Crippen LogP contribution in [0, 0.1) is 0 Å². The molecule has 0 spiro atoms. The fourth-order valence-electron chi connectivity index (χ4n) is 2.59. The number of nitrogens with one attached hydrogen (secondary N) is 1. The van der Waals surface area contributed by atoms with Crippen LogP contribution in [0.4, 0.5) is 0 Å². The molecule has 1 aliphatic rings. The maximum Gasteiger partial charge on any atom is 0.151 e. The maximum absolute atomic E-state index is 4.72. The highest BCUT2D eigenvalue weighted by atomic mass is 32.2. The van der Waals surface area contributed by atoms with Crippen molar-refractivity contribution in [1.82, 2.24) is 10.3 Å². The molecule has 0 bridgehead atoms. The number of nitrogens with zero attached hydrogens (tertiary/aromatic N) is 1. The molecular weight excluding hydrogens is 260 g/mol. The molecule has 1 saturated carbocycles. The van der Waals surface area contributed by atoms with Gasteiger partial charge in [-0.1, -0.05) is 37.2 Å². The van der Waals surface area contributed by atoms with Gasteiger partial charge in [0.15, 0.2) is 4.34 Å². The van der Waals surface area contributed by atoms with Gasteiger partial charge in [-0.2, -0.15) is 0 Å². The summed E-state index contributed by atoms with van der Waals surface area (Å²) in [5, 5.41) is 4.30. The second-order valence-electron chi connectivity index (χ2n) is 4.70. The van der Waals surface area contributed by atoms with Gasteiger partial charge in [-0.3, -0.25) is 0 Å². The minimum Gasteiger partial charge on any atom is -0.313 e. The van der Waals surface area contributed by atoms with Crippen molar-refractivity contribution in [3.8, 4) is 0 Å². The lowest BCUT2D eigenvalue weighted by atomic mass is 10.2. The number of thioether (sulfide) groups is 1. The first-order valence-corrected chi connectivity index (χ1v) is 8.32. The lowest BCUT2D eigenvalue weighted by Crippen LogP contribution is -2.33. The summed E-state index contributed by atoms with van der Waals surface area (Å²) in [4.78, 5) is 4.72. The van der Waals surface area contributed by atoms with Crippen LogP contribution in [0.1, 0.15) is 26.2 Å². The first-order chi connectivity index (χ1) is 8.86. The molecule has 2 aromatic rings. The Balaban J connectivity index is 1.75. The summed E-state index contributed by atoms with van der Waals surface area (Å²) in [7, 11) is 0. The SMILES string of the molecule is CCNC1CCCC1Sc1nc2ccccc2s1. The van der Waals surface area contributed by atoms with Crippen LogP contribution in [0.3, 0.4) is 0 Å². The monoisotopic (exact) mass is 278 g/mol. The summed E-state index contributed by atoms with van der Waals surface area (Å²) in [6, 6.07) is 9.09. The van der Waals surface area contributed by atoms with E-state index in [9.17, 15) is 0 Å². The molecule has 18 heavy (non-hydrogen) atoms. The Morgan fingerprint density at radius 2 is 2.28 bits per heavy atom. The van der Waals surface area contributed by atoms with E-state index in [1.807, 2.05) is 23.1 Å². The van der Waals surface area contributed by atoms with Crippen LogP contribution in [-0.2, 0) is 0 Å². The summed E-state index contributed by atoms with van der Waals surface area (Å²) in [6.07, 6.45) is 3.98. The fraction of sp³-hybridized carbons (Fsp3) is 0.500. The summed E-state index contributed by atoms with van der Waals surface area (Å²) < 4.78 is 2.53. The Morgan fingerprint density at radius 3 is 3.11 bits per heavy atom. The van der Waals surface area contributed by atoms with Gasteiger partial charge in [0.1, 0.15) is 0 Å². The molecule has 1 N–H and O–H groups in total. The fourth-order valence-corrected chi connectivity index (χ4v) is 5.21. The third-order valence-electron chi connectivity index (χ3n) is 3.45. The number of aromatic nitrogens is 1. The largest absolute Gasteiger partial charge is 0.313 e. The number of thiazole rings is 1. The summed E-state index contributed by atoms with van der Waals surface area (Å²) in [5.74, 6) is 0. The second-order valence-corrected chi connectivity index (χ2v) is 7.22. The zero-order valence-corrected chi connectivity index (χ0v) is 12.2. The average molecular weight is 278 g/mol. The van der Waals surface area contributed by atoms with Gasteiger partial charge in [0.2, 0.25) is 0 Å². The number of benzene rings is 1. The zero-order valence-electron chi connectivity index (χ0n) is 10.6. The molecule has 1 aromatic carbocycles. The molecule has 1 aliphatic carbocycles. The third-order valence-corrected chi connectivity index (χ3v) is 5.97. The number of para-hydroxylation sites is 1. The Hall–Kier alpha value is -0.580. The molecule has 2 nitrogen and oxygen atoms in total. The average Bonchev–Trinajstić information content (AvgIpc) is 2.97. The van der Waals surface area contributed by atoms with Crippen LogP contribution in [0.5, 0.6) is 0 Å². The minimum atomic E-state index is 0.673. The van der Waals surface area contributed by atoms with Crippen LogP contribution in [0.2, 0.25) is 0 Å². The smallest absolute Gasteiger partial charge is 0.151 e. The van der Waals surface area contributed by atoms with E-state index >= 15 is 0 Å². The summed E-state index contributed by atoms with van der Waals surface area (Å²) >= 11 is 3.80. The van der Waals surface area contributed by atoms with Crippen LogP contribution in [-0.4, -0.2) is 22.8 Å². The van der Waals surface area contributed by atoms with Crippen molar-refractivity contribution >= 4 is 33.3 Å². The van der Waals surface area contributed by atoms with Gasteiger partial charge in [-0.15, -0.1) is 11.3 Å². The number of fused-ring (bicyclic) bond motifs is 1. The van der Waals surface area contributed by atoms with E-state index in [1.165, 1.54) is 28.3 Å². The number of hydrogen-bond acceptors (Lipinski definition) is 4. The van der Waals surface area contributed by atoms with Crippen LogP contribution in [0.15, 0.2) is 28.6 Å². The van der Waals surface area contributed by atoms with Crippen molar-refractivity contribution in [2.75, 3.05) is 6.54 Å². The topological polar surface area (TPSA) is 24.9 Å². The van der Waals surface area contributed by atoms with Crippen LogP contribution in [0.25, 0.3) is 10.2 Å². The predicted molar refractivity (Wildman–Crippen MR) is 80.6 cm³/mol. The molecule has 0 radical (unpaired) electrons. The van der Waals surface area contributed by atoms with E-state index in [4.69, 9.17) is 4.98 Å². The molecule has 96 valence electrons. The molecule has 2 unspecified atom stereocenters. The van der Waals surface area contributed by atoms with Gasteiger partial charge < -0.3 is 5.32 Å². The number of hydrogen-bond donors (Lipinski definition) is 1. The van der Waals surface area contributed by atoms with Gasteiger partial charge in [0, 0.05) is 11.3 Å². The molecule has 1 heterocycles. The van der Waals surface area contributed by atoms with Crippen LogP contribution >= 0.6 is 23.1 Å². The van der Waals surface area contributed by atoms with Crippen molar-refractivity contribution in [3.63, 3.8) is 0 Å². The standard InChI is InChI=1S/C14H18N2S2/c1-2-15-10-7-5-9-12(10)17-14-16-11-6-3-4-8-13(11)18-14/h3-4,6,8,10,12,15H,2,5,7,9H2,1H3. The van der Waals surface area contributed by atoms with Crippen LogP contribution < -0.4 is 5.32 Å². The molecule has 1 aromatic heterocycles. The molecule has 0 saturated heterocycles. The molecule has 0 amide bonds. The summed E-state index contributed by atoms with van der Waals surface area (Å²) in [6.45, 7) is 3.26. The highest BCUT2D eigenvalue weighted by Gasteiger charge is 2.28. The lowest BCUT2D eigenvalue weighted by Gasteiger charge is -2.18. The van der Waals surface area contributed by atoms with Crippen molar-refractivity contribution in [3.05, 3.63) is 24.3 Å². The molecule has 2 atom stereocenters. The minimum absolute atomic E-state index is 0.673. The van der Waals surface area contributed by atoms with Gasteiger partial charge in [-0.25, -0.2) is 4.98 Å². The zero-order chi connectivity index (χ0) is 12.4. The molecule has 1 fully saturated rings. The highest BCUT2D eigenvalue weighted by molar-refractivity contribution is 8.01. The van der Waals surface area contributed by atoms with Gasteiger partial charge in [0.05, 0.1) is 10.2 Å². The molecule has 4 heteroatoms. The van der Waals surface area contributed by atoms with Gasteiger partial charge in [0.25, 0.3) is 0 Å². The molecular formula is C14H18N2S2. The molecule has 3 rings (SSSR count). The van der Waals surface area contributed by atoms with Crippen molar-refractivity contribution in [2.24, 2.45) is 0 Å². The van der Waals surface area contributed by atoms with Crippen molar-refractivity contribution in [1.29, 1.82) is 0 Å². The van der Waals surface area contributed by atoms with Gasteiger partial charge >= 0.3 is 0 Å². The Bertz CT molecular complexity index is 490. The third kappa shape index (κ3) is 2.56. The Kier molecular flexibility index (Phi) is 3.87.